The van der Waals surface area contributed by atoms with Crippen LogP contribution < -0.4 is 9.47 Å². The minimum absolute atomic E-state index is 0.0753. The van der Waals surface area contributed by atoms with Gasteiger partial charge < -0.3 is 29.5 Å². The van der Waals surface area contributed by atoms with Crippen molar-refractivity contribution >= 4 is 11.8 Å². The zero-order valence-electron chi connectivity index (χ0n) is 16.6. The lowest BCUT2D eigenvalue weighted by Gasteiger charge is -2.41. The molecule has 1 aromatic carbocycles. The lowest BCUT2D eigenvalue weighted by atomic mass is 9.87. The van der Waals surface area contributed by atoms with Crippen LogP contribution >= 0.6 is 0 Å². The summed E-state index contributed by atoms with van der Waals surface area (Å²) < 4.78 is 17.1. The molecule has 8 nitrogen and oxygen atoms in total. The van der Waals surface area contributed by atoms with Crippen molar-refractivity contribution in [2.24, 2.45) is 0 Å². The Bertz CT molecular complexity index is 824. The predicted molar refractivity (Wildman–Crippen MR) is 97.7 cm³/mol. The van der Waals surface area contributed by atoms with Gasteiger partial charge in [0.05, 0.1) is 6.10 Å². The number of esters is 1. The van der Waals surface area contributed by atoms with Gasteiger partial charge >= 0.3 is 5.97 Å². The first-order valence-electron chi connectivity index (χ1n) is 9.23. The Hall–Kier alpha value is -2.32. The Morgan fingerprint density at radius 3 is 2.61 bits per heavy atom. The van der Waals surface area contributed by atoms with Crippen molar-refractivity contribution in [3.05, 3.63) is 17.2 Å². The lowest BCUT2D eigenvalue weighted by molar-refractivity contribution is -0.189. The van der Waals surface area contributed by atoms with Gasteiger partial charge in [0.15, 0.2) is 11.4 Å². The Kier molecular flexibility index (Phi) is 4.84. The molecule has 4 atom stereocenters. The molecule has 0 saturated heterocycles. The van der Waals surface area contributed by atoms with E-state index >= 15 is 0 Å². The Balaban J connectivity index is 1.96. The molecule has 28 heavy (non-hydrogen) atoms. The molecule has 1 aromatic rings. The zero-order chi connectivity index (χ0) is 21.0. The summed E-state index contributed by atoms with van der Waals surface area (Å²) in [4.78, 5) is 24.7. The first-order valence-corrected chi connectivity index (χ1v) is 9.23. The fraction of sp³-hybridized carbons (Fsp3) is 0.600. The molecule has 0 fully saturated rings. The third kappa shape index (κ3) is 3.31. The molecule has 0 radical (unpaired) electrons. The molecule has 3 rings (SSSR count). The van der Waals surface area contributed by atoms with Crippen LogP contribution in [-0.4, -0.2) is 56.6 Å². The van der Waals surface area contributed by atoms with Crippen LogP contribution in [0.3, 0.4) is 0 Å². The van der Waals surface area contributed by atoms with Gasteiger partial charge in [-0.2, -0.15) is 0 Å². The first-order chi connectivity index (χ1) is 12.8. The van der Waals surface area contributed by atoms with Gasteiger partial charge in [-0.15, -0.1) is 0 Å². The number of benzene rings is 1. The Morgan fingerprint density at radius 2 is 2.00 bits per heavy atom. The van der Waals surface area contributed by atoms with Crippen LogP contribution in [0.4, 0.5) is 0 Å². The first kappa shape index (κ1) is 20.4. The molecule has 0 unspecified atom stereocenters. The quantitative estimate of drug-likeness (QED) is 0.659. The highest BCUT2D eigenvalue weighted by molar-refractivity contribution is 6.03. The largest absolute Gasteiger partial charge is 0.507 e. The van der Waals surface area contributed by atoms with Crippen molar-refractivity contribution < 1.29 is 39.1 Å². The number of hydrogen-bond acceptors (Lipinski definition) is 8. The lowest BCUT2D eigenvalue weighted by Crippen LogP contribution is -2.54. The van der Waals surface area contributed by atoms with Crippen LogP contribution in [0.25, 0.3) is 0 Å². The molecular formula is C20H26O8. The molecule has 3 N–H and O–H groups in total. The number of hydrogen-bond donors (Lipinski definition) is 3. The van der Waals surface area contributed by atoms with E-state index in [0.29, 0.717) is 11.3 Å². The molecular weight excluding hydrogens is 368 g/mol. The molecule has 8 heteroatoms. The van der Waals surface area contributed by atoms with Crippen molar-refractivity contribution in [3.63, 3.8) is 0 Å². The van der Waals surface area contributed by atoms with Gasteiger partial charge in [0, 0.05) is 24.5 Å². The summed E-state index contributed by atoms with van der Waals surface area (Å²) >= 11 is 0. The van der Waals surface area contributed by atoms with Crippen LogP contribution in [0, 0.1) is 0 Å². The molecule has 0 aromatic heterocycles. The van der Waals surface area contributed by atoms with Gasteiger partial charge in [-0.3, -0.25) is 4.79 Å². The smallest absolute Gasteiger partial charge is 0.340 e. The van der Waals surface area contributed by atoms with E-state index in [1.54, 1.807) is 26.8 Å². The van der Waals surface area contributed by atoms with Crippen molar-refractivity contribution in [2.45, 2.75) is 77.0 Å². The summed E-state index contributed by atoms with van der Waals surface area (Å²) in [6, 6.07) is 1.57. The fourth-order valence-corrected chi connectivity index (χ4v) is 3.32. The summed E-state index contributed by atoms with van der Waals surface area (Å²) in [6.45, 7) is 7.62. The number of Topliss-reactive ketones (excluding diaryl/α,β-unsaturated/α-hetero) is 1. The van der Waals surface area contributed by atoms with E-state index in [1.165, 1.54) is 6.92 Å². The topological polar surface area (TPSA) is 123 Å². The molecule has 0 spiro atoms. The number of carbonyl (C=O) groups excluding carboxylic acids is 2. The van der Waals surface area contributed by atoms with Gasteiger partial charge in [-0.1, -0.05) is 0 Å². The van der Waals surface area contributed by atoms with Gasteiger partial charge in [0.25, 0.3) is 0 Å². The number of ketones is 1. The molecule has 0 bridgehead atoms. The molecule has 154 valence electrons. The predicted octanol–water partition coefficient (Wildman–Crippen LogP) is 1.50. The Labute approximate surface area is 163 Å². The molecule has 2 heterocycles. The third-order valence-electron chi connectivity index (χ3n) is 5.42. The number of aliphatic hydroxyl groups excluding tert-OH is 1. The molecule has 0 saturated carbocycles. The van der Waals surface area contributed by atoms with Crippen LogP contribution in [0.1, 0.15) is 57.0 Å². The van der Waals surface area contributed by atoms with Gasteiger partial charge in [-0.05, 0) is 34.6 Å². The second-order valence-corrected chi connectivity index (χ2v) is 8.26. The normalized spacial score (nSPS) is 26.0. The fourth-order valence-electron chi connectivity index (χ4n) is 3.32. The van der Waals surface area contributed by atoms with Crippen molar-refractivity contribution in [1.29, 1.82) is 0 Å². The van der Waals surface area contributed by atoms with Crippen molar-refractivity contribution in [2.75, 3.05) is 0 Å². The number of fused-ring (bicyclic) bond motifs is 2. The van der Waals surface area contributed by atoms with E-state index in [2.05, 4.69) is 0 Å². The van der Waals surface area contributed by atoms with Crippen molar-refractivity contribution in [3.8, 4) is 17.2 Å². The molecule has 0 amide bonds. The Morgan fingerprint density at radius 1 is 1.36 bits per heavy atom. The van der Waals surface area contributed by atoms with E-state index < -0.39 is 29.4 Å². The van der Waals surface area contributed by atoms with Gasteiger partial charge in [0.2, 0.25) is 0 Å². The van der Waals surface area contributed by atoms with Crippen LogP contribution in [0.15, 0.2) is 6.07 Å². The minimum Gasteiger partial charge on any atom is -0.507 e. The SMILES string of the molecule is C[C@H]1CC(=O)c2c(cc3c(c2O)C[C@H](OC(=O)[C@](C)(O)[C@@H](C)O)C(C)(C)O3)O1. The van der Waals surface area contributed by atoms with E-state index in [1.807, 2.05) is 0 Å². The second-order valence-electron chi connectivity index (χ2n) is 8.26. The molecule has 2 aliphatic heterocycles. The highest BCUT2D eigenvalue weighted by Crippen LogP contribution is 2.47. The second kappa shape index (κ2) is 6.63. The average Bonchev–Trinajstić information content (AvgIpc) is 2.54. The van der Waals surface area contributed by atoms with Crippen LogP contribution in [-0.2, 0) is 16.0 Å². The summed E-state index contributed by atoms with van der Waals surface area (Å²) in [7, 11) is 0. The average molecular weight is 394 g/mol. The highest BCUT2D eigenvalue weighted by atomic mass is 16.6. The summed E-state index contributed by atoms with van der Waals surface area (Å²) in [5, 5.41) is 30.5. The number of rotatable bonds is 3. The maximum Gasteiger partial charge on any atom is 0.340 e. The molecule has 0 aliphatic carbocycles. The van der Waals surface area contributed by atoms with Gasteiger partial charge in [-0.25, -0.2) is 4.79 Å². The van der Waals surface area contributed by atoms with E-state index in [-0.39, 0.29) is 41.8 Å². The van der Waals surface area contributed by atoms with Crippen LogP contribution in [0.2, 0.25) is 0 Å². The highest BCUT2D eigenvalue weighted by Gasteiger charge is 2.46. The summed E-state index contributed by atoms with van der Waals surface area (Å²) in [6.07, 6.45) is -2.27. The number of aliphatic hydroxyl groups is 2. The number of phenolic OH excluding ortho intramolecular Hbond substituents is 1. The number of ether oxygens (including phenoxy) is 3. The minimum atomic E-state index is -2.09. The standard InChI is InChI=1S/C20H26O8/c1-9-6-12(22)16-14(26-9)8-13-11(17(16)23)7-15(19(3,4)28-13)27-18(24)20(5,25)10(2)21/h8-10,15,21,23,25H,6-7H2,1-5H3/t9-,10+,15-,20+/m0/s1. The monoisotopic (exact) mass is 394 g/mol. The van der Waals surface area contributed by atoms with Crippen LogP contribution in [0.5, 0.6) is 17.2 Å². The summed E-state index contributed by atoms with van der Waals surface area (Å²) in [5.74, 6) is -0.868. The third-order valence-corrected chi connectivity index (χ3v) is 5.42. The van der Waals surface area contributed by atoms with E-state index in [0.717, 1.165) is 6.92 Å². The number of carbonyl (C=O) groups is 2. The molecule has 2 aliphatic rings. The zero-order valence-corrected chi connectivity index (χ0v) is 16.6. The van der Waals surface area contributed by atoms with Gasteiger partial charge in [0.1, 0.15) is 40.6 Å². The maximum absolute atomic E-state index is 12.4. The van der Waals surface area contributed by atoms with Crippen molar-refractivity contribution in [1.82, 2.24) is 0 Å². The number of aromatic hydroxyl groups is 1. The summed E-state index contributed by atoms with van der Waals surface area (Å²) in [5.41, 5.74) is -2.64. The number of phenols is 1. The maximum atomic E-state index is 12.4. The van der Waals surface area contributed by atoms with E-state index in [9.17, 15) is 24.9 Å². The van der Waals surface area contributed by atoms with E-state index in [4.69, 9.17) is 14.2 Å².